The highest BCUT2D eigenvalue weighted by atomic mass is 35.5. The van der Waals surface area contributed by atoms with Gasteiger partial charge in [-0.2, -0.15) is 5.10 Å². The van der Waals surface area contributed by atoms with Gasteiger partial charge in [-0.05, 0) is 61.9 Å². The first kappa shape index (κ1) is 19.0. The van der Waals surface area contributed by atoms with E-state index in [9.17, 15) is 4.79 Å². The minimum absolute atomic E-state index is 0.120. The van der Waals surface area contributed by atoms with Crippen LogP contribution in [-0.2, 0) is 6.54 Å². The van der Waals surface area contributed by atoms with Crippen LogP contribution in [0, 0.1) is 13.8 Å². The van der Waals surface area contributed by atoms with E-state index in [4.69, 9.17) is 16.3 Å². The Bertz CT molecular complexity index is 919. The fraction of sp³-hybridized carbons (Fsp3) is 0.238. The number of benzene rings is 2. The minimum Gasteiger partial charge on any atom is -0.492 e. The number of halogens is 1. The van der Waals surface area contributed by atoms with E-state index in [0.717, 1.165) is 22.7 Å². The van der Waals surface area contributed by atoms with Crippen LogP contribution in [0.15, 0.2) is 54.6 Å². The summed E-state index contributed by atoms with van der Waals surface area (Å²) in [7, 11) is 0. The summed E-state index contributed by atoms with van der Waals surface area (Å²) >= 11 is 5.84. The molecule has 1 amide bonds. The molecule has 0 saturated heterocycles. The maximum atomic E-state index is 12.4. The second-order valence-corrected chi connectivity index (χ2v) is 6.78. The zero-order chi connectivity index (χ0) is 19.2. The standard InChI is InChI=1S/C21H22ClN3O2/c1-15-12-16(2)25(24-15)14-17-4-3-5-18(13-17)21(26)23-10-11-27-20-8-6-19(22)7-9-20/h3-9,12-13H,10-11,14H2,1-2H3,(H,23,26). The largest absolute Gasteiger partial charge is 0.492 e. The van der Waals surface area contributed by atoms with Crippen molar-refractivity contribution in [3.8, 4) is 5.75 Å². The summed E-state index contributed by atoms with van der Waals surface area (Å²) in [5.41, 5.74) is 3.75. The van der Waals surface area contributed by atoms with Gasteiger partial charge < -0.3 is 10.1 Å². The maximum Gasteiger partial charge on any atom is 0.251 e. The van der Waals surface area contributed by atoms with Crippen molar-refractivity contribution in [1.82, 2.24) is 15.1 Å². The Morgan fingerprint density at radius 2 is 1.93 bits per heavy atom. The summed E-state index contributed by atoms with van der Waals surface area (Å²) in [6.07, 6.45) is 0. The quantitative estimate of drug-likeness (QED) is 0.627. The number of aromatic nitrogens is 2. The van der Waals surface area contributed by atoms with Gasteiger partial charge in [0.05, 0.1) is 18.8 Å². The lowest BCUT2D eigenvalue weighted by Gasteiger charge is -2.09. The van der Waals surface area contributed by atoms with Crippen molar-refractivity contribution < 1.29 is 9.53 Å². The molecule has 1 aromatic heterocycles. The lowest BCUT2D eigenvalue weighted by Crippen LogP contribution is -2.28. The van der Waals surface area contributed by atoms with E-state index in [1.807, 2.05) is 42.8 Å². The molecule has 0 fully saturated rings. The Morgan fingerprint density at radius 3 is 2.63 bits per heavy atom. The van der Waals surface area contributed by atoms with Gasteiger partial charge in [-0.1, -0.05) is 23.7 Å². The lowest BCUT2D eigenvalue weighted by atomic mass is 10.1. The zero-order valence-electron chi connectivity index (χ0n) is 15.4. The van der Waals surface area contributed by atoms with E-state index in [2.05, 4.69) is 10.4 Å². The number of nitrogens with zero attached hydrogens (tertiary/aromatic N) is 2. The average molecular weight is 384 g/mol. The molecule has 3 rings (SSSR count). The molecule has 1 heterocycles. The Labute approximate surface area is 163 Å². The molecular weight excluding hydrogens is 362 g/mol. The zero-order valence-corrected chi connectivity index (χ0v) is 16.2. The predicted octanol–water partition coefficient (Wildman–Crippen LogP) is 4.01. The van der Waals surface area contributed by atoms with Gasteiger partial charge in [-0.25, -0.2) is 0 Å². The molecule has 0 unspecified atom stereocenters. The van der Waals surface area contributed by atoms with Gasteiger partial charge in [-0.3, -0.25) is 9.48 Å². The molecule has 0 saturated carbocycles. The number of hydrogen-bond acceptors (Lipinski definition) is 3. The molecule has 0 atom stereocenters. The summed E-state index contributed by atoms with van der Waals surface area (Å²) in [6.45, 7) is 5.44. The Morgan fingerprint density at radius 1 is 1.15 bits per heavy atom. The molecule has 2 aromatic carbocycles. The van der Waals surface area contributed by atoms with E-state index in [1.165, 1.54) is 0 Å². The van der Waals surface area contributed by atoms with Crippen molar-refractivity contribution in [3.05, 3.63) is 82.1 Å². The number of aryl methyl sites for hydroxylation is 2. The van der Waals surface area contributed by atoms with Gasteiger partial charge in [-0.15, -0.1) is 0 Å². The van der Waals surface area contributed by atoms with Crippen LogP contribution in [0.3, 0.4) is 0 Å². The minimum atomic E-state index is -0.120. The number of hydrogen-bond donors (Lipinski definition) is 1. The molecule has 0 radical (unpaired) electrons. The summed E-state index contributed by atoms with van der Waals surface area (Å²) in [5.74, 6) is 0.602. The highest BCUT2D eigenvalue weighted by molar-refractivity contribution is 6.30. The van der Waals surface area contributed by atoms with Crippen LogP contribution in [0.4, 0.5) is 0 Å². The van der Waals surface area contributed by atoms with Crippen molar-refractivity contribution in [2.75, 3.05) is 13.2 Å². The second kappa shape index (κ2) is 8.73. The van der Waals surface area contributed by atoms with Crippen molar-refractivity contribution >= 4 is 17.5 Å². The predicted molar refractivity (Wildman–Crippen MR) is 107 cm³/mol. The summed E-state index contributed by atoms with van der Waals surface area (Å²) in [6, 6.07) is 16.8. The summed E-state index contributed by atoms with van der Waals surface area (Å²) in [4.78, 5) is 12.4. The first-order chi connectivity index (χ1) is 13.0. The van der Waals surface area contributed by atoms with Crippen LogP contribution in [0.25, 0.3) is 0 Å². The van der Waals surface area contributed by atoms with Crippen molar-refractivity contribution in [1.29, 1.82) is 0 Å². The van der Waals surface area contributed by atoms with Crippen molar-refractivity contribution in [2.45, 2.75) is 20.4 Å². The molecule has 140 valence electrons. The van der Waals surface area contributed by atoms with Gasteiger partial charge >= 0.3 is 0 Å². The van der Waals surface area contributed by atoms with Crippen molar-refractivity contribution in [2.24, 2.45) is 0 Å². The highest BCUT2D eigenvalue weighted by Gasteiger charge is 2.08. The molecule has 0 aliphatic rings. The Balaban J connectivity index is 1.52. The molecule has 5 nitrogen and oxygen atoms in total. The van der Waals surface area contributed by atoms with Crippen LogP contribution in [0.2, 0.25) is 5.02 Å². The van der Waals surface area contributed by atoms with E-state index in [1.54, 1.807) is 30.3 Å². The maximum absolute atomic E-state index is 12.4. The first-order valence-corrected chi connectivity index (χ1v) is 9.15. The van der Waals surface area contributed by atoms with Gasteiger partial charge in [0.15, 0.2) is 0 Å². The molecule has 6 heteroatoms. The van der Waals surface area contributed by atoms with E-state index in [0.29, 0.717) is 30.3 Å². The Hall–Kier alpha value is -2.79. The van der Waals surface area contributed by atoms with E-state index >= 15 is 0 Å². The van der Waals surface area contributed by atoms with E-state index < -0.39 is 0 Å². The highest BCUT2D eigenvalue weighted by Crippen LogP contribution is 2.15. The van der Waals surface area contributed by atoms with Crippen LogP contribution in [-0.4, -0.2) is 28.8 Å². The fourth-order valence-corrected chi connectivity index (χ4v) is 2.91. The van der Waals surface area contributed by atoms with Gasteiger partial charge in [0.25, 0.3) is 5.91 Å². The third kappa shape index (κ3) is 5.34. The molecule has 0 bridgehead atoms. The summed E-state index contributed by atoms with van der Waals surface area (Å²) in [5, 5.41) is 8.00. The van der Waals surface area contributed by atoms with Crippen LogP contribution < -0.4 is 10.1 Å². The molecule has 0 spiro atoms. The SMILES string of the molecule is Cc1cc(C)n(Cc2cccc(C(=O)NCCOc3ccc(Cl)cc3)c2)n1. The molecule has 0 aliphatic carbocycles. The van der Waals surface area contributed by atoms with Gasteiger partial charge in [0.1, 0.15) is 12.4 Å². The Kier molecular flexibility index (Phi) is 6.14. The smallest absolute Gasteiger partial charge is 0.251 e. The fourth-order valence-electron chi connectivity index (χ4n) is 2.79. The molecule has 1 N–H and O–H groups in total. The number of carbonyl (C=O) groups is 1. The normalized spacial score (nSPS) is 10.6. The second-order valence-electron chi connectivity index (χ2n) is 6.34. The van der Waals surface area contributed by atoms with Crippen LogP contribution >= 0.6 is 11.6 Å². The van der Waals surface area contributed by atoms with Crippen LogP contribution in [0.1, 0.15) is 27.3 Å². The topological polar surface area (TPSA) is 56.2 Å². The number of ether oxygens (including phenoxy) is 1. The number of carbonyl (C=O) groups excluding carboxylic acids is 1. The molecule has 0 aliphatic heterocycles. The third-order valence-corrected chi connectivity index (χ3v) is 4.35. The van der Waals surface area contributed by atoms with E-state index in [-0.39, 0.29) is 5.91 Å². The number of rotatable bonds is 7. The number of nitrogens with one attached hydrogen (secondary N) is 1. The number of amides is 1. The molecule has 3 aromatic rings. The van der Waals surface area contributed by atoms with Crippen LogP contribution in [0.5, 0.6) is 5.75 Å². The van der Waals surface area contributed by atoms with Crippen molar-refractivity contribution in [3.63, 3.8) is 0 Å². The average Bonchev–Trinajstić information content (AvgIpc) is 2.97. The summed E-state index contributed by atoms with van der Waals surface area (Å²) < 4.78 is 7.52. The monoisotopic (exact) mass is 383 g/mol. The third-order valence-electron chi connectivity index (χ3n) is 4.09. The molecular formula is C21H22ClN3O2. The van der Waals surface area contributed by atoms with Gasteiger partial charge in [0, 0.05) is 16.3 Å². The lowest BCUT2D eigenvalue weighted by molar-refractivity contribution is 0.0947. The molecule has 27 heavy (non-hydrogen) atoms. The first-order valence-electron chi connectivity index (χ1n) is 8.78. The van der Waals surface area contributed by atoms with Gasteiger partial charge in [0.2, 0.25) is 0 Å².